The normalized spacial score (nSPS) is 38.7. The second-order valence-electron chi connectivity index (χ2n) is 7.23. The average molecular weight is 329 g/mol. The summed E-state index contributed by atoms with van der Waals surface area (Å²) in [5.74, 6) is -0.979. The van der Waals surface area contributed by atoms with Crippen molar-refractivity contribution in [2.75, 3.05) is 19.6 Å². The van der Waals surface area contributed by atoms with Gasteiger partial charge >= 0.3 is 0 Å². The van der Waals surface area contributed by atoms with Gasteiger partial charge in [0, 0.05) is 25.0 Å². The van der Waals surface area contributed by atoms with E-state index in [0.717, 1.165) is 0 Å². The lowest BCUT2D eigenvalue weighted by atomic mass is 9.78. The molecule has 4 nitrogen and oxygen atoms in total. The number of allylic oxidation sites excluding steroid dienone is 1. The van der Waals surface area contributed by atoms with Gasteiger partial charge in [-0.05, 0) is 32.3 Å². The number of hydrogen-bond donors (Lipinski definition) is 0. The van der Waals surface area contributed by atoms with Crippen LogP contribution >= 0.6 is 0 Å². The standard InChI is InChI=1S/C16H22F3N3O/c1-15(8-11(17)9-20-10-15)12-4-7-21-6-3-5-16(2,13(18)19)14(23)22(12)21/h8-9,12-13H,3-7,10H2,1-2H3. The van der Waals surface area contributed by atoms with Crippen LogP contribution in [-0.4, -0.2) is 54.2 Å². The molecule has 3 heterocycles. The first kappa shape index (κ1) is 16.5. The molecule has 3 atom stereocenters. The van der Waals surface area contributed by atoms with Crippen LogP contribution in [0.5, 0.6) is 0 Å². The maximum absolute atomic E-state index is 13.7. The predicted octanol–water partition coefficient (Wildman–Crippen LogP) is 2.81. The van der Waals surface area contributed by atoms with E-state index in [1.165, 1.54) is 24.2 Å². The van der Waals surface area contributed by atoms with Crippen LogP contribution in [-0.2, 0) is 4.79 Å². The van der Waals surface area contributed by atoms with Crippen LogP contribution in [0.1, 0.15) is 33.1 Å². The van der Waals surface area contributed by atoms with Crippen LogP contribution in [0.25, 0.3) is 0 Å². The zero-order valence-electron chi connectivity index (χ0n) is 13.4. The van der Waals surface area contributed by atoms with Gasteiger partial charge in [0.25, 0.3) is 6.43 Å². The van der Waals surface area contributed by atoms with Gasteiger partial charge in [-0.1, -0.05) is 6.92 Å². The molecule has 3 aliphatic heterocycles. The molecule has 0 spiro atoms. The fourth-order valence-corrected chi connectivity index (χ4v) is 3.93. The SMILES string of the molecule is CC1(C2CCN3CCCC(C)(C(F)F)C(=O)N23)C=C(F)C=NC1. The largest absolute Gasteiger partial charge is 0.289 e. The average Bonchev–Trinajstić information content (AvgIpc) is 2.85. The van der Waals surface area contributed by atoms with E-state index < -0.39 is 29.0 Å². The number of amides is 1. The predicted molar refractivity (Wildman–Crippen MR) is 80.8 cm³/mol. The van der Waals surface area contributed by atoms with Crippen molar-refractivity contribution in [2.45, 2.75) is 45.6 Å². The number of rotatable bonds is 2. The number of carbonyl (C=O) groups excluding carboxylic acids is 1. The summed E-state index contributed by atoms with van der Waals surface area (Å²) in [6, 6.07) is -0.339. The van der Waals surface area contributed by atoms with E-state index in [1.807, 2.05) is 11.9 Å². The highest BCUT2D eigenvalue weighted by molar-refractivity contribution is 5.83. The molecule has 0 aromatic heterocycles. The first-order valence-corrected chi connectivity index (χ1v) is 8.03. The number of carbonyl (C=O) groups is 1. The number of fused-ring (bicyclic) bond motifs is 1. The maximum atomic E-state index is 13.7. The second-order valence-corrected chi connectivity index (χ2v) is 7.23. The Hall–Kier alpha value is -1.37. The van der Waals surface area contributed by atoms with E-state index in [-0.39, 0.29) is 12.5 Å². The molecular formula is C16H22F3N3O. The van der Waals surface area contributed by atoms with E-state index in [4.69, 9.17) is 0 Å². The third kappa shape index (κ3) is 2.58. The number of dihydropyridines is 1. The fourth-order valence-electron chi connectivity index (χ4n) is 3.93. The van der Waals surface area contributed by atoms with Gasteiger partial charge in [0.1, 0.15) is 11.2 Å². The van der Waals surface area contributed by atoms with Crippen LogP contribution in [0.3, 0.4) is 0 Å². The molecule has 0 bridgehead atoms. The van der Waals surface area contributed by atoms with E-state index in [1.54, 1.807) is 0 Å². The minimum atomic E-state index is -2.71. The number of aliphatic imine (C=N–C) groups is 1. The quantitative estimate of drug-likeness (QED) is 0.781. The minimum Gasteiger partial charge on any atom is -0.289 e. The Morgan fingerprint density at radius 1 is 1.35 bits per heavy atom. The molecule has 0 aromatic rings. The van der Waals surface area contributed by atoms with Gasteiger partial charge in [0.05, 0.1) is 12.3 Å². The summed E-state index contributed by atoms with van der Waals surface area (Å²) < 4.78 is 40.8. The number of halogens is 3. The van der Waals surface area contributed by atoms with Crippen LogP contribution < -0.4 is 0 Å². The van der Waals surface area contributed by atoms with Crippen molar-refractivity contribution in [3.05, 3.63) is 11.9 Å². The van der Waals surface area contributed by atoms with Crippen molar-refractivity contribution in [1.82, 2.24) is 10.0 Å². The molecule has 23 heavy (non-hydrogen) atoms. The molecule has 0 aliphatic carbocycles. The Bertz CT molecular complexity index is 565. The lowest BCUT2D eigenvalue weighted by Crippen LogP contribution is -2.56. The van der Waals surface area contributed by atoms with E-state index in [0.29, 0.717) is 32.5 Å². The van der Waals surface area contributed by atoms with Gasteiger partial charge in [0.15, 0.2) is 0 Å². The molecule has 2 fully saturated rings. The maximum Gasteiger partial charge on any atom is 0.252 e. The molecule has 2 saturated heterocycles. The summed E-state index contributed by atoms with van der Waals surface area (Å²) in [5, 5.41) is 3.35. The van der Waals surface area contributed by atoms with Crippen LogP contribution in [0.2, 0.25) is 0 Å². The van der Waals surface area contributed by atoms with Gasteiger partial charge in [0.2, 0.25) is 5.91 Å². The summed E-state index contributed by atoms with van der Waals surface area (Å²) in [5.41, 5.74) is -2.34. The zero-order chi connectivity index (χ0) is 16.8. The summed E-state index contributed by atoms with van der Waals surface area (Å²) in [7, 11) is 0. The van der Waals surface area contributed by atoms with E-state index in [2.05, 4.69) is 4.99 Å². The third-order valence-electron chi connectivity index (χ3n) is 5.43. The van der Waals surface area contributed by atoms with Crippen LogP contribution in [0, 0.1) is 10.8 Å². The van der Waals surface area contributed by atoms with Crippen LogP contribution in [0.15, 0.2) is 16.9 Å². The van der Waals surface area contributed by atoms with Gasteiger partial charge < -0.3 is 0 Å². The Balaban J connectivity index is 1.96. The van der Waals surface area contributed by atoms with Gasteiger partial charge in [-0.15, -0.1) is 0 Å². The number of hydrazine groups is 1. The highest BCUT2D eigenvalue weighted by Crippen LogP contribution is 2.44. The Kier molecular flexibility index (Phi) is 4.02. The van der Waals surface area contributed by atoms with E-state index >= 15 is 0 Å². The van der Waals surface area contributed by atoms with Gasteiger partial charge in [-0.2, -0.15) is 0 Å². The van der Waals surface area contributed by atoms with Gasteiger partial charge in [-0.3, -0.25) is 14.8 Å². The number of alkyl halides is 2. The first-order valence-electron chi connectivity index (χ1n) is 8.03. The van der Waals surface area contributed by atoms with Crippen molar-refractivity contribution in [3.63, 3.8) is 0 Å². The summed E-state index contributed by atoms with van der Waals surface area (Å²) in [6.07, 6.45) is 1.30. The highest BCUT2D eigenvalue weighted by Gasteiger charge is 2.54. The third-order valence-corrected chi connectivity index (χ3v) is 5.43. The Morgan fingerprint density at radius 2 is 2.09 bits per heavy atom. The van der Waals surface area contributed by atoms with Crippen molar-refractivity contribution < 1.29 is 18.0 Å². The number of nitrogens with zero attached hydrogens (tertiary/aromatic N) is 3. The molecule has 128 valence electrons. The van der Waals surface area contributed by atoms with Crippen molar-refractivity contribution in [1.29, 1.82) is 0 Å². The number of hydrogen-bond acceptors (Lipinski definition) is 3. The lowest BCUT2D eigenvalue weighted by molar-refractivity contribution is -0.166. The molecule has 0 N–H and O–H groups in total. The summed E-state index contributed by atoms with van der Waals surface area (Å²) in [4.78, 5) is 17.0. The van der Waals surface area contributed by atoms with Crippen molar-refractivity contribution in [3.8, 4) is 0 Å². The molecule has 0 aromatic carbocycles. The monoisotopic (exact) mass is 329 g/mol. The van der Waals surface area contributed by atoms with Crippen molar-refractivity contribution in [2.24, 2.45) is 15.8 Å². The molecular weight excluding hydrogens is 307 g/mol. The highest BCUT2D eigenvalue weighted by atomic mass is 19.3. The van der Waals surface area contributed by atoms with Gasteiger partial charge in [-0.25, -0.2) is 18.2 Å². The minimum absolute atomic E-state index is 0.169. The fraction of sp³-hybridized carbons (Fsp3) is 0.750. The smallest absolute Gasteiger partial charge is 0.252 e. The second kappa shape index (κ2) is 5.61. The van der Waals surface area contributed by atoms with E-state index in [9.17, 15) is 18.0 Å². The molecule has 1 amide bonds. The Morgan fingerprint density at radius 3 is 2.74 bits per heavy atom. The molecule has 3 unspecified atom stereocenters. The summed E-state index contributed by atoms with van der Waals surface area (Å²) >= 11 is 0. The summed E-state index contributed by atoms with van der Waals surface area (Å²) in [6.45, 7) is 4.75. The molecule has 3 rings (SSSR count). The molecule has 7 heteroatoms. The lowest BCUT2D eigenvalue weighted by Gasteiger charge is -2.42. The zero-order valence-corrected chi connectivity index (χ0v) is 13.4. The van der Waals surface area contributed by atoms with Crippen LogP contribution in [0.4, 0.5) is 13.2 Å². The topological polar surface area (TPSA) is 35.9 Å². The molecule has 0 saturated carbocycles. The van der Waals surface area contributed by atoms with Crippen molar-refractivity contribution >= 4 is 12.1 Å². The first-order chi connectivity index (χ1) is 10.8. The Labute approximate surface area is 134 Å². The molecule has 3 aliphatic rings. The molecule has 0 radical (unpaired) electrons.